The molecule has 4 heterocycles. The summed E-state index contributed by atoms with van der Waals surface area (Å²) in [4.78, 5) is 10.4. The third-order valence-corrected chi connectivity index (χ3v) is 12.0. The number of aromatic nitrogens is 4. The molecule has 0 saturated carbocycles. The van der Waals surface area contributed by atoms with Crippen molar-refractivity contribution in [3.63, 3.8) is 0 Å². The number of rotatable bonds is 3. The number of hydrogen-bond donors (Lipinski definition) is 0. The van der Waals surface area contributed by atoms with E-state index in [0.717, 1.165) is 33.4 Å². The van der Waals surface area contributed by atoms with Crippen LogP contribution in [0.2, 0.25) is 0 Å². The van der Waals surface area contributed by atoms with Crippen molar-refractivity contribution in [3.05, 3.63) is 182 Å². The first-order valence-electron chi connectivity index (χ1n) is 19.2. The summed E-state index contributed by atoms with van der Waals surface area (Å²) in [7, 11) is 0. The largest absolute Gasteiger partial charge is 0.309 e. The highest BCUT2D eigenvalue weighted by Gasteiger charge is 2.25. The lowest BCUT2D eigenvalue weighted by molar-refractivity contribution is 1.18. The number of benzene rings is 9. The van der Waals surface area contributed by atoms with Crippen molar-refractivity contribution in [1.82, 2.24) is 18.9 Å². The summed E-state index contributed by atoms with van der Waals surface area (Å²) in [6.07, 6.45) is 0. The van der Waals surface area contributed by atoms with Crippen LogP contribution in [-0.2, 0) is 0 Å². The average Bonchev–Trinajstić information content (AvgIpc) is 3.91. The molecule has 0 radical (unpaired) electrons. The van der Waals surface area contributed by atoms with Crippen LogP contribution >= 0.6 is 0 Å². The van der Waals surface area contributed by atoms with Gasteiger partial charge >= 0.3 is 0 Å². The molecule has 0 saturated heterocycles. The van der Waals surface area contributed by atoms with Crippen LogP contribution in [0, 0.1) is 0 Å². The molecule has 0 amide bonds. The molecule has 0 fully saturated rings. The Labute approximate surface area is 320 Å². The molecule has 0 atom stereocenters. The van der Waals surface area contributed by atoms with Crippen molar-refractivity contribution in [2.45, 2.75) is 0 Å². The monoisotopic (exact) mass is 710 g/mol. The Morgan fingerprint density at radius 2 is 1.00 bits per heavy atom. The number of para-hydroxylation sites is 3. The van der Waals surface area contributed by atoms with Crippen LogP contribution in [0.25, 0.3) is 121 Å². The molecule has 0 N–H and O–H groups in total. The van der Waals surface area contributed by atoms with Gasteiger partial charge in [0.25, 0.3) is 0 Å². The Morgan fingerprint density at radius 3 is 1.84 bits per heavy atom. The van der Waals surface area contributed by atoms with Crippen LogP contribution < -0.4 is 0 Å². The predicted octanol–water partition coefficient (Wildman–Crippen LogP) is 13.5. The number of hydrogen-bond acceptors (Lipinski definition) is 2. The normalized spacial score (nSPS) is 12.3. The van der Waals surface area contributed by atoms with Crippen molar-refractivity contribution in [2.75, 3.05) is 0 Å². The van der Waals surface area contributed by atoms with E-state index >= 15 is 0 Å². The zero-order valence-corrected chi connectivity index (χ0v) is 30.1. The fraction of sp³-hybridized carbons (Fsp3) is 0. The highest BCUT2D eigenvalue weighted by molar-refractivity contribution is 6.36. The lowest BCUT2D eigenvalue weighted by Crippen LogP contribution is -1.97. The number of fused-ring (bicyclic) bond motifs is 14. The smallest absolute Gasteiger partial charge is 0.160 e. The van der Waals surface area contributed by atoms with Crippen LogP contribution in [0.15, 0.2) is 182 Å². The summed E-state index contributed by atoms with van der Waals surface area (Å²) in [6, 6.07) is 65.8. The van der Waals surface area contributed by atoms with E-state index < -0.39 is 0 Å². The zero-order chi connectivity index (χ0) is 36.5. The van der Waals surface area contributed by atoms with Crippen molar-refractivity contribution in [1.29, 1.82) is 0 Å². The maximum Gasteiger partial charge on any atom is 0.160 e. The second kappa shape index (κ2) is 11.0. The van der Waals surface area contributed by atoms with Gasteiger partial charge in [0.15, 0.2) is 5.82 Å². The molecular weight excluding hydrogens is 681 g/mol. The minimum atomic E-state index is 0.713. The molecule has 13 aromatic rings. The van der Waals surface area contributed by atoms with Gasteiger partial charge < -0.3 is 8.97 Å². The van der Waals surface area contributed by atoms with Gasteiger partial charge in [-0.05, 0) is 82.2 Å². The molecule has 0 aliphatic carbocycles. The summed E-state index contributed by atoms with van der Waals surface area (Å²) in [5.41, 5.74) is 11.2. The maximum atomic E-state index is 5.27. The molecule has 0 aliphatic rings. The van der Waals surface area contributed by atoms with Crippen LogP contribution in [-0.4, -0.2) is 18.9 Å². The van der Waals surface area contributed by atoms with Crippen LogP contribution in [0.4, 0.5) is 0 Å². The second-order valence-electron chi connectivity index (χ2n) is 15.0. The molecular formula is C52H30N4. The molecule has 13 rings (SSSR count). The minimum Gasteiger partial charge on any atom is -0.309 e. The molecule has 4 heteroatoms. The topological polar surface area (TPSA) is 35.1 Å². The highest BCUT2D eigenvalue weighted by Crippen LogP contribution is 2.47. The first-order chi connectivity index (χ1) is 27.8. The molecule has 258 valence electrons. The highest BCUT2D eigenvalue weighted by atomic mass is 15.0. The molecule has 9 aromatic carbocycles. The van der Waals surface area contributed by atoms with Gasteiger partial charge in [-0.2, -0.15) is 0 Å². The van der Waals surface area contributed by atoms with Gasteiger partial charge in [0.2, 0.25) is 0 Å². The Balaban J connectivity index is 1.08. The van der Waals surface area contributed by atoms with Gasteiger partial charge in [-0.1, -0.05) is 121 Å². The van der Waals surface area contributed by atoms with E-state index in [1.54, 1.807) is 0 Å². The predicted molar refractivity (Wildman–Crippen MR) is 234 cm³/mol. The Hall–Kier alpha value is -7.56. The SMILES string of the molecule is c1ccc2cc(-c3nc(-c4ccc(-n5c6ccc7ccccc7c6c6cc7c8ccccc8n8c9ccccc9c(c65)c78)cc4)nc4ccccc34)ccc2c1. The van der Waals surface area contributed by atoms with Crippen molar-refractivity contribution >= 4 is 92.3 Å². The quantitative estimate of drug-likeness (QED) is 0.183. The summed E-state index contributed by atoms with van der Waals surface area (Å²) < 4.78 is 4.96. The van der Waals surface area contributed by atoms with Crippen LogP contribution in [0.5, 0.6) is 0 Å². The summed E-state index contributed by atoms with van der Waals surface area (Å²) in [5.74, 6) is 0.713. The maximum absolute atomic E-state index is 5.27. The van der Waals surface area contributed by atoms with E-state index in [-0.39, 0.29) is 0 Å². The molecule has 0 unspecified atom stereocenters. The molecule has 56 heavy (non-hydrogen) atoms. The zero-order valence-electron chi connectivity index (χ0n) is 30.1. The lowest BCUT2D eigenvalue weighted by atomic mass is 10.0. The van der Waals surface area contributed by atoms with E-state index in [0.29, 0.717) is 5.82 Å². The third-order valence-electron chi connectivity index (χ3n) is 12.0. The molecule has 0 aliphatic heterocycles. The molecule has 4 aromatic heterocycles. The van der Waals surface area contributed by atoms with Gasteiger partial charge in [0, 0.05) is 54.5 Å². The third kappa shape index (κ3) is 3.97. The fourth-order valence-corrected chi connectivity index (χ4v) is 9.57. The minimum absolute atomic E-state index is 0.713. The van der Waals surface area contributed by atoms with Gasteiger partial charge in [-0.3, -0.25) is 0 Å². The van der Waals surface area contributed by atoms with E-state index in [9.17, 15) is 0 Å². The van der Waals surface area contributed by atoms with Gasteiger partial charge in [-0.25, -0.2) is 9.97 Å². The van der Waals surface area contributed by atoms with Crippen molar-refractivity contribution in [2.24, 2.45) is 0 Å². The van der Waals surface area contributed by atoms with Crippen LogP contribution in [0.1, 0.15) is 0 Å². The fourth-order valence-electron chi connectivity index (χ4n) is 9.57. The van der Waals surface area contributed by atoms with E-state index in [1.807, 2.05) is 0 Å². The van der Waals surface area contributed by atoms with E-state index in [4.69, 9.17) is 9.97 Å². The summed E-state index contributed by atoms with van der Waals surface area (Å²) >= 11 is 0. The summed E-state index contributed by atoms with van der Waals surface area (Å²) in [5, 5.41) is 13.6. The molecule has 4 nitrogen and oxygen atoms in total. The first kappa shape index (κ1) is 29.8. The Bertz CT molecular complexity index is 3760. The standard InChI is InChI=1S/C52H30N4/c1-2-13-34-29-35(22-21-31(34)11-1)49-39-16-5-8-18-43(39)53-52(54-49)33-23-26-36(27-24-33)55-46-28-25-32-12-3-4-14-37(32)47(46)42-30-41-38-15-6-9-19-44(38)56-45-20-10-7-17-40(45)48(50(41)56)51(42)55/h1-30H. The van der Waals surface area contributed by atoms with E-state index in [1.165, 1.54) is 81.4 Å². The van der Waals surface area contributed by atoms with Crippen molar-refractivity contribution in [3.8, 4) is 28.3 Å². The Kier molecular flexibility index (Phi) is 5.86. The molecule has 0 bridgehead atoms. The van der Waals surface area contributed by atoms with Gasteiger partial charge in [-0.15, -0.1) is 0 Å². The van der Waals surface area contributed by atoms with Crippen LogP contribution in [0.3, 0.4) is 0 Å². The lowest BCUT2D eigenvalue weighted by Gasteiger charge is -2.12. The van der Waals surface area contributed by atoms with Gasteiger partial charge in [0.05, 0.1) is 38.8 Å². The first-order valence-corrected chi connectivity index (χ1v) is 19.2. The molecule has 0 spiro atoms. The van der Waals surface area contributed by atoms with Gasteiger partial charge in [0.1, 0.15) is 0 Å². The number of nitrogens with zero attached hydrogens (tertiary/aromatic N) is 4. The van der Waals surface area contributed by atoms with E-state index in [2.05, 4.69) is 191 Å². The Morgan fingerprint density at radius 1 is 0.357 bits per heavy atom. The summed E-state index contributed by atoms with van der Waals surface area (Å²) in [6.45, 7) is 0. The second-order valence-corrected chi connectivity index (χ2v) is 15.0. The average molecular weight is 711 g/mol. The van der Waals surface area contributed by atoms with Crippen molar-refractivity contribution < 1.29 is 0 Å².